The molecule has 206 valence electrons. The largest absolute Gasteiger partial charge is 0.386 e. The molecule has 2 fully saturated rings. The SMILES string of the molecule is CNC(=O)C1CC1.CNc1cc(-c2nccc(-c3ccncc3)n2)c(C)cc1F.O=Cc1cnnc(C2CC2)c1. The number of carbonyl (C=O) groups is 2. The Labute approximate surface area is 232 Å². The molecule has 2 N–H and O–H groups in total. The Morgan fingerprint density at radius 2 is 1.77 bits per heavy atom. The second-order valence-electron chi connectivity index (χ2n) is 9.59. The van der Waals surface area contributed by atoms with Crippen molar-refractivity contribution in [2.24, 2.45) is 5.92 Å². The highest BCUT2D eigenvalue weighted by Crippen LogP contribution is 2.38. The zero-order chi connectivity index (χ0) is 28.5. The second kappa shape index (κ2) is 13.5. The van der Waals surface area contributed by atoms with Crippen LogP contribution < -0.4 is 10.6 Å². The summed E-state index contributed by atoms with van der Waals surface area (Å²) in [6, 6.07) is 10.7. The molecule has 0 bridgehead atoms. The highest BCUT2D eigenvalue weighted by atomic mass is 19.1. The van der Waals surface area contributed by atoms with Gasteiger partial charge < -0.3 is 10.6 Å². The Hall–Kier alpha value is -4.60. The van der Waals surface area contributed by atoms with E-state index in [9.17, 15) is 14.0 Å². The number of halogens is 1. The monoisotopic (exact) mass is 541 g/mol. The smallest absolute Gasteiger partial charge is 0.222 e. The van der Waals surface area contributed by atoms with Gasteiger partial charge in [0.05, 0.1) is 23.3 Å². The van der Waals surface area contributed by atoms with Gasteiger partial charge in [0, 0.05) is 61.2 Å². The number of carbonyl (C=O) groups excluding carboxylic acids is 2. The number of aldehydes is 1. The van der Waals surface area contributed by atoms with Crippen molar-refractivity contribution < 1.29 is 14.0 Å². The van der Waals surface area contributed by atoms with Crippen LogP contribution in [0.5, 0.6) is 0 Å². The summed E-state index contributed by atoms with van der Waals surface area (Å²) in [5, 5.41) is 13.1. The van der Waals surface area contributed by atoms with E-state index in [2.05, 4.69) is 35.8 Å². The molecule has 9 nitrogen and oxygen atoms in total. The third kappa shape index (κ3) is 7.72. The maximum absolute atomic E-state index is 13.8. The standard InChI is InChI=1S/C17H15FN4.C8H8N2O.C5H9NO/c1-11-9-14(18)16(19-2)10-13(11)17-21-8-5-15(22-17)12-3-6-20-7-4-12;11-5-6-3-8(7-1-2-7)10-9-4-6;1-6-5(7)4-2-3-4/h3-10,19H,1-2H3;3-5,7H,1-2H2;4H,2-3H2,1H3,(H,6,7). The Morgan fingerprint density at radius 3 is 2.38 bits per heavy atom. The molecule has 1 aromatic carbocycles. The van der Waals surface area contributed by atoms with Crippen LogP contribution >= 0.6 is 0 Å². The van der Waals surface area contributed by atoms with E-state index in [0.717, 1.165) is 47.2 Å². The van der Waals surface area contributed by atoms with Gasteiger partial charge in [-0.25, -0.2) is 14.4 Å². The molecule has 3 aromatic heterocycles. The Kier molecular flexibility index (Phi) is 9.56. The first-order valence-electron chi connectivity index (χ1n) is 13.1. The van der Waals surface area contributed by atoms with Gasteiger partial charge in [-0.3, -0.25) is 14.6 Å². The molecular formula is C30H32FN7O2. The number of amides is 1. The summed E-state index contributed by atoms with van der Waals surface area (Å²) in [5.41, 5.74) is 5.40. The van der Waals surface area contributed by atoms with Gasteiger partial charge >= 0.3 is 0 Å². The third-order valence-electron chi connectivity index (χ3n) is 6.48. The van der Waals surface area contributed by atoms with Crippen molar-refractivity contribution in [1.29, 1.82) is 0 Å². The number of anilines is 1. The lowest BCUT2D eigenvalue weighted by atomic mass is 10.1. The molecule has 2 saturated carbocycles. The molecular weight excluding hydrogens is 509 g/mol. The van der Waals surface area contributed by atoms with Crippen LogP contribution in [0, 0.1) is 18.7 Å². The molecule has 0 aliphatic heterocycles. The fourth-order valence-corrected chi connectivity index (χ4v) is 3.87. The van der Waals surface area contributed by atoms with Crippen molar-refractivity contribution in [3.63, 3.8) is 0 Å². The summed E-state index contributed by atoms with van der Waals surface area (Å²) >= 11 is 0. The van der Waals surface area contributed by atoms with Crippen molar-refractivity contribution in [2.45, 2.75) is 38.5 Å². The normalized spacial score (nSPS) is 13.6. The lowest BCUT2D eigenvalue weighted by Gasteiger charge is -2.10. The molecule has 0 saturated heterocycles. The summed E-state index contributed by atoms with van der Waals surface area (Å²) in [5.74, 6) is 1.43. The fourth-order valence-electron chi connectivity index (χ4n) is 3.87. The number of nitrogens with one attached hydrogen (secondary N) is 2. The molecule has 4 aromatic rings. The van der Waals surface area contributed by atoms with E-state index in [0.29, 0.717) is 28.9 Å². The molecule has 2 aliphatic rings. The van der Waals surface area contributed by atoms with Crippen LogP contribution in [0.4, 0.5) is 10.1 Å². The molecule has 0 radical (unpaired) electrons. The Morgan fingerprint density at radius 1 is 1.02 bits per heavy atom. The van der Waals surface area contributed by atoms with Crippen LogP contribution in [0.3, 0.4) is 0 Å². The van der Waals surface area contributed by atoms with Crippen LogP contribution in [0.15, 0.2) is 61.2 Å². The zero-order valence-corrected chi connectivity index (χ0v) is 22.8. The molecule has 3 heterocycles. The van der Waals surface area contributed by atoms with Crippen LogP contribution in [-0.2, 0) is 4.79 Å². The first kappa shape index (κ1) is 28.4. The predicted octanol–water partition coefficient (Wildman–Crippen LogP) is 5.00. The van der Waals surface area contributed by atoms with E-state index < -0.39 is 0 Å². The molecule has 0 atom stereocenters. The van der Waals surface area contributed by atoms with Crippen molar-refractivity contribution in [3.05, 3.63) is 83.8 Å². The highest BCUT2D eigenvalue weighted by molar-refractivity contribution is 5.80. The number of hydrogen-bond donors (Lipinski definition) is 2. The Bertz CT molecular complexity index is 1460. The maximum atomic E-state index is 13.8. The quantitative estimate of drug-likeness (QED) is 0.327. The van der Waals surface area contributed by atoms with Crippen LogP contribution in [-0.4, -0.2) is 51.4 Å². The van der Waals surface area contributed by atoms with Crippen molar-refractivity contribution in [1.82, 2.24) is 30.5 Å². The average molecular weight is 542 g/mol. The molecule has 1 amide bonds. The maximum Gasteiger partial charge on any atom is 0.222 e. The lowest BCUT2D eigenvalue weighted by molar-refractivity contribution is -0.121. The van der Waals surface area contributed by atoms with Gasteiger partial charge in [-0.2, -0.15) is 10.2 Å². The van der Waals surface area contributed by atoms with Gasteiger partial charge in [-0.05, 0) is 74.6 Å². The van der Waals surface area contributed by atoms with Crippen LogP contribution in [0.1, 0.15) is 53.2 Å². The minimum absolute atomic E-state index is 0.208. The van der Waals surface area contributed by atoms with Crippen molar-refractivity contribution in [3.8, 4) is 22.6 Å². The number of nitrogens with zero attached hydrogens (tertiary/aromatic N) is 5. The number of benzene rings is 1. The van der Waals surface area contributed by atoms with Gasteiger partial charge in [0.25, 0.3) is 0 Å². The third-order valence-corrected chi connectivity index (χ3v) is 6.48. The fraction of sp³-hybridized carbons (Fsp3) is 0.300. The number of aryl methyl sites for hydroxylation is 1. The number of pyridine rings is 1. The highest BCUT2D eigenvalue weighted by Gasteiger charge is 2.28. The van der Waals surface area contributed by atoms with Gasteiger partial charge in [-0.1, -0.05) is 0 Å². The summed E-state index contributed by atoms with van der Waals surface area (Å²) in [6.07, 6.45) is 12.0. The van der Waals surface area contributed by atoms with Gasteiger partial charge in [0.1, 0.15) is 5.82 Å². The molecule has 10 heteroatoms. The molecule has 6 rings (SSSR count). The summed E-state index contributed by atoms with van der Waals surface area (Å²) in [4.78, 5) is 33.7. The predicted molar refractivity (Wildman–Crippen MR) is 151 cm³/mol. The van der Waals surface area contributed by atoms with Gasteiger partial charge in [0.2, 0.25) is 5.91 Å². The first-order chi connectivity index (χ1) is 19.4. The average Bonchev–Trinajstić information content (AvgIpc) is 3.91. The van der Waals surface area contributed by atoms with Crippen LogP contribution in [0.25, 0.3) is 22.6 Å². The van der Waals surface area contributed by atoms with Crippen LogP contribution in [0.2, 0.25) is 0 Å². The number of aromatic nitrogens is 5. The van der Waals surface area contributed by atoms with Gasteiger partial charge in [-0.15, -0.1) is 0 Å². The van der Waals surface area contributed by atoms with E-state index in [1.165, 1.54) is 25.1 Å². The van der Waals surface area contributed by atoms with Gasteiger partial charge in [0.15, 0.2) is 12.1 Å². The summed E-state index contributed by atoms with van der Waals surface area (Å²) < 4.78 is 13.8. The van der Waals surface area contributed by atoms with E-state index in [-0.39, 0.29) is 11.7 Å². The van der Waals surface area contributed by atoms with E-state index in [4.69, 9.17) is 0 Å². The number of hydrogen-bond acceptors (Lipinski definition) is 8. The molecule has 0 unspecified atom stereocenters. The van der Waals surface area contributed by atoms with E-state index in [1.54, 1.807) is 38.8 Å². The van der Waals surface area contributed by atoms with Crippen molar-refractivity contribution >= 4 is 17.9 Å². The molecule has 0 spiro atoms. The van der Waals surface area contributed by atoms with Crippen molar-refractivity contribution in [2.75, 3.05) is 19.4 Å². The van der Waals surface area contributed by atoms with E-state index >= 15 is 0 Å². The Balaban J connectivity index is 0.000000168. The lowest BCUT2D eigenvalue weighted by Crippen LogP contribution is -2.18. The minimum atomic E-state index is -0.283. The summed E-state index contributed by atoms with van der Waals surface area (Å²) in [6.45, 7) is 1.85. The molecule has 40 heavy (non-hydrogen) atoms. The second-order valence-corrected chi connectivity index (χ2v) is 9.59. The minimum Gasteiger partial charge on any atom is -0.386 e. The molecule has 2 aliphatic carbocycles. The van der Waals surface area contributed by atoms with E-state index in [1.807, 2.05) is 31.2 Å². The topological polar surface area (TPSA) is 123 Å². The first-order valence-corrected chi connectivity index (χ1v) is 13.1. The zero-order valence-electron chi connectivity index (χ0n) is 22.8. The summed E-state index contributed by atoms with van der Waals surface area (Å²) in [7, 11) is 3.37. The number of rotatable bonds is 6.